The average molecular weight is 274 g/mol. The predicted octanol–water partition coefficient (Wildman–Crippen LogP) is 4.26. The lowest BCUT2D eigenvalue weighted by molar-refractivity contribution is 0.218. The molecule has 0 atom stereocenters. The van der Waals surface area contributed by atoms with E-state index < -0.39 is 5.67 Å². The number of nitrogens with zero attached hydrogens (tertiary/aromatic N) is 1. The van der Waals surface area contributed by atoms with Gasteiger partial charge >= 0.3 is 0 Å². The summed E-state index contributed by atoms with van der Waals surface area (Å²) < 4.78 is 19.9. The second-order valence-corrected chi connectivity index (χ2v) is 5.36. The standard InChI is InChI=1S/C10H9BrFNS/c1-10(2,12)9-7-4-3-6(11)5-8(7)14-13-9/h3-5H,1-2H3. The van der Waals surface area contributed by atoms with Crippen molar-refractivity contribution in [3.8, 4) is 0 Å². The Labute approximate surface area is 94.2 Å². The van der Waals surface area contributed by atoms with Gasteiger partial charge < -0.3 is 0 Å². The van der Waals surface area contributed by atoms with Crippen LogP contribution in [0.4, 0.5) is 4.39 Å². The molecular formula is C10H9BrFNS. The van der Waals surface area contributed by atoms with Gasteiger partial charge in [0.15, 0.2) is 0 Å². The van der Waals surface area contributed by atoms with E-state index >= 15 is 0 Å². The van der Waals surface area contributed by atoms with Crippen LogP contribution in [0.5, 0.6) is 0 Å². The highest BCUT2D eigenvalue weighted by atomic mass is 79.9. The summed E-state index contributed by atoms with van der Waals surface area (Å²) in [6, 6.07) is 5.77. The molecule has 74 valence electrons. The fraction of sp³-hybridized carbons (Fsp3) is 0.300. The van der Waals surface area contributed by atoms with E-state index in [1.165, 1.54) is 25.4 Å². The van der Waals surface area contributed by atoms with Crippen LogP contribution >= 0.6 is 27.5 Å². The van der Waals surface area contributed by atoms with Crippen molar-refractivity contribution in [1.29, 1.82) is 0 Å². The topological polar surface area (TPSA) is 12.9 Å². The molecule has 0 spiro atoms. The predicted molar refractivity (Wildman–Crippen MR) is 61.5 cm³/mol. The Morgan fingerprint density at radius 1 is 1.43 bits per heavy atom. The summed E-state index contributed by atoms with van der Waals surface area (Å²) in [7, 11) is 0. The van der Waals surface area contributed by atoms with E-state index in [0.29, 0.717) is 5.69 Å². The Hall–Kier alpha value is -0.480. The Kier molecular flexibility index (Phi) is 2.35. The van der Waals surface area contributed by atoms with Crippen molar-refractivity contribution in [1.82, 2.24) is 4.37 Å². The van der Waals surface area contributed by atoms with Crippen LogP contribution in [-0.2, 0) is 5.67 Å². The smallest absolute Gasteiger partial charge is 0.148 e. The SMILES string of the molecule is CC(C)(F)c1nsc2cc(Br)ccc12. The van der Waals surface area contributed by atoms with Gasteiger partial charge in [0.05, 0.1) is 10.4 Å². The number of rotatable bonds is 1. The zero-order chi connectivity index (χ0) is 10.3. The number of hydrogen-bond donors (Lipinski definition) is 0. The van der Waals surface area contributed by atoms with Gasteiger partial charge in [-0.25, -0.2) is 4.39 Å². The van der Waals surface area contributed by atoms with Gasteiger partial charge in [-0.15, -0.1) is 0 Å². The molecule has 14 heavy (non-hydrogen) atoms. The van der Waals surface area contributed by atoms with E-state index in [4.69, 9.17) is 0 Å². The largest absolute Gasteiger partial charge is 0.238 e. The van der Waals surface area contributed by atoms with Gasteiger partial charge in [0.25, 0.3) is 0 Å². The first kappa shape index (κ1) is 10.1. The Morgan fingerprint density at radius 3 is 2.79 bits per heavy atom. The molecule has 0 N–H and O–H groups in total. The lowest BCUT2D eigenvalue weighted by Gasteiger charge is -2.10. The van der Waals surface area contributed by atoms with Crippen LogP contribution in [0.1, 0.15) is 19.5 Å². The molecule has 0 saturated heterocycles. The summed E-state index contributed by atoms with van der Waals surface area (Å²) in [5.74, 6) is 0. The molecule has 0 radical (unpaired) electrons. The Balaban J connectivity index is 2.70. The number of aromatic nitrogens is 1. The van der Waals surface area contributed by atoms with Crippen molar-refractivity contribution < 1.29 is 4.39 Å². The number of benzene rings is 1. The first-order valence-electron chi connectivity index (χ1n) is 4.23. The van der Waals surface area contributed by atoms with Crippen LogP contribution < -0.4 is 0 Å². The summed E-state index contributed by atoms with van der Waals surface area (Å²) in [5.41, 5.74) is -0.837. The zero-order valence-corrected chi connectivity index (χ0v) is 10.2. The molecule has 1 aromatic heterocycles. The minimum absolute atomic E-state index is 0.532. The molecule has 1 nitrogen and oxygen atoms in total. The number of alkyl halides is 1. The van der Waals surface area contributed by atoms with Crippen LogP contribution in [0.2, 0.25) is 0 Å². The van der Waals surface area contributed by atoms with E-state index in [1.807, 2.05) is 18.2 Å². The molecule has 0 unspecified atom stereocenters. The van der Waals surface area contributed by atoms with Gasteiger partial charge in [-0.3, -0.25) is 0 Å². The fourth-order valence-corrected chi connectivity index (χ4v) is 2.80. The van der Waals surface area contributed by atoms with Gasteiger partial charge in [-0.2, -0.15) is 4.37 Å². The highest BCUT2D eigenvalue weighted by Crippen LogP contribution is 2.34. The maximum Gasteiger partial charge on any atom is 0.148 e. The van der Waals surface area contributed by atoms with E-state index in [1.54, 1.807) is 0 Å². The summed E-state index contributed by atoms with van der Waals surface area (Å²) >= 11 is 4.71. The Morgan fingerprint density at radius 2 is 2.14 bits per heavy atom. The summed E-state index contributed by atoms with van der Waals surface area (Å²) in [6.45, 7) is 3.06. The minimum Gasteiger partial charge on any atom is -0.238 e. The Bertz CT molecular complexity index is 472. The molecule has 0 aliphatic rings. The lowest BCUT2D eigenvalue weighted by atomic mass is 10.0. The first-order chi connectivity index (χ1) is 6.48. The molecule has 2 rings (SSSR count). The van der Waals surface area contributed by atoms with E-state index in [0.717, 1.165) is 14.6 Å². The third kappa shape index (κ3) is 1.68. The van der Waals surface area contributed by atoms with E-state index in [2.05, 4.69) is 20.3 Å². The summed E-state index contributed by atoms with van der Waals surface area (Å²) in [6.07, 6.45) is 0. The van der Waals surface area contributed by atoms with Crippen molar-refractivity contribution >= 4 is 37.5 Å². The van der Waals surface area contributed by atoms with Gasteiger partial charge in [0.2, 0.25) is 0 Å². The molecular weight excluding hydrogens is 265 g/mol. The van der Waals surface area contributed by atoms with Crippen molar-refractivity contribution in [3.63, 3.8) is 0 Å². The number of fused-ring (bicyclic) bond motifs is 1. The minimum atomic E-state index is -1.37. The molecule has 2 aromatic rings. The van der Waals surface area contributed by atoms with Crippen molar-refractivity contribution in [3.05, 3.63) is 28.4 Å². The van der Waals surface area contributed by atoms with Crippen LogP contribution in [0.25, 0.3) is 10.1 Å². The number of halogens is 2. The normalized spacial score (nSPS) is 12.3. The van der Waals surface area contributed by atoms with E-state index in [9.17, 15) is 4.39 Å². The number of hydrogen-bond acceptors (Lipinski definition) is 2. The fourth-order valence-electron chi connectivity index (χ4n) is 1.34. The first-order valence-corrected chi connectivity index (χ1v) is 5.79. The monoisotopic (exact) mass is 273 g/mol. The highest BCUT2D eigenvalue weighted by molar-refractivity contribution is 9.10. The third-order valence-corrected chi connectivity index (χ3v) is 3.30. The molecule has 1 aromatic carbocycles. The lowest BCUT2D eigenvalue weighted by Crippen LogP contribution is -2.09. The quantitative estimate of drug-likeness (QED) is 0.757. The zero-order valence-electron chi connectivity index (χ0n) is 7.84. The highest BCUT2D eigenvalue weighted by Gasteiger charge is 2.24. The molecule has 0 fully saturated rings. The van der Waals surface area contributed by atoms with Crippen molar-refractivity contribution in [2.45, 2.75) is 19.5 Å². The van der Waals surface area contributed by atoms with Crippen molar-refractivity contribution in [2.24, 2.45) is 0 Å². The molecule has 0 aliphatic carbocycles. The second kappa shape index (κ2) is 3.28. The molecule has 0 aliphatic heterocycles. The van der Waals surface area contributed by atoms with Crippen LogP contribution in [-0.4, -0.2) is 4.37 Å². The average Bonchev–Trinajstić information content (AvgIpc) is 2.45. The van der Waals surface area contributed by atoms with Gasteiger partial charge in [0, 0.05) is 9.86 Å². The van der Waals surface area contributed by atoms with Gasteiger partial charge in [0.1, 0.15) is 5.67 Å². The van der Waals surface area contributed by atoms with Gasteiger partial charge in [-0.1, -0.05) is 22.0 Å². The van der Waals surface area contributed by atoms with E-state index in [-0.39, 0.29) is 0 Å². The third-order valence-electron chi connectivity index (χ3n) is 2.00. The molecule has 4 heteroatoms. The van der Waals surface area contributed by atoms with Gasteiger partial charge in [-0.05, 0) is 37.5 Å². The maximum atomic E-state index is 13.7. The second-order valence-electron chi connectivity index (χ2n) is 3.64. The molecule has 0 bridgehead atoms. The van der Waals surface area contributed by atoms with Crippen LogP contribution in [0.15, 0.2) is 22.7 Å². The molecule has 1 heterocycles. The molecule has 0 saturated carbocycles. The summed E-state index contributed by atoms with van der Waals surface area (Å²) in [5, 5.41) is 0.908. The summed E-state index contributed by atoms with van der Waals surface area (Å²) in [4.78, 5) is 0. The molecule has 0 amide bonds. The van der Waals surface area contributed by atoms with Crippen LogP contribution in [0, 0.1) is 0 Å². The van der Waals surface area contributed by atoms with Crippen LogP contribution in [0.3, 0.4) is 0 Å². The maximum absolute atomic E-state index is 13.7. The van der Waals surface area contributed by atoms with Crippen molar-refractivity contribution in [2.75, 3.05) is 0 Å².